The van der Waals surface area contributed by atoms with Crippen molar-refractivity contribution >= 4 is 27.5 Å². The summed E-state index contributed by atoms with van der Waals surface area (Å²) in [4.78, 5) is 0. The molecule has 1 rings (SSSR count). The van der Waals surface area contributed by atoms with Crippen molar-refractivity contribution in [2.24, 2.45) is 5.73 Å². The largest absolute Gasteiger partial charge is 0.324 e. The number of benzene rings is 1. The second kappa shape index (κ2) is 3.57. The fourth-order valence-corrected chi connectivity index (χ4v) is 1.55. The number of rotatable bonds is 1. The Morgan fingerprint density at radius 2 is 2.18 bits per heavy atom. The van der Waals surface area contributed by atoms with Gasteiger partial charge in [0.05, 0.1) is 5.02 Å². The van der Waals surface area contributed by atoms with Gasteiger partial charge in [-0.1, -0.05) is 23.7 Å². The van der Waals surface area contributed by atoms with E-state index in [1.807, 2.05) is 25.1 Å². The first-order chi connectivity index (χ1) is 5.13. The van der Waals surface area contributed by atoms with Crippen LogP contribution in [0.25, 0.3) is 0 Å². The molecular formula is C8H9BrClN. The molecule has 3 heteroatoms. The van der Waals surface area contributed by atoms with Gasteiger partial charge in [0.15, 0.2) is 0 Å². The van der Waals surface area contributed by atoms with Crippen LogP contribution >= 0.6 is 27.5 Å². The van der Waals surface area contributed by atoms with Crippen molar-refractivity contribution in [1.29, 1.82) is 0 Å². The highest BCUT2D eigenvalue weighted by atomic mass is 79.9. The summed E-state index contributed by atoms with van der Waals surface area (Å²) in [7, 11) is 0. The zero-order valence-corrected chi connectivity index (χ0v) is 8.48. The molecule has 0 bridgehead atoms. The molecule has 0 saturated heterocycles. The van der Waals surface area contributed by atoms with E-state index in [9.17, 15) is 0 Å². The van der Waals surface area contributed by atoms with Crippen LogP contribution in [0.15, 0.2) is 22.7 Å². The molecule has 0 heterocycles. The molecule has 2 N–H and O–H groups in total. The molecule has 0 saturated carbocycles. The van der Waals surface area contributed by atoms with E-state index in [1.165, 1.54) is 0 Å². The second-order valence-corrected chi connectivity index (χ2v) is 3.66. The van der Waals surface area contributed by atoms with Crippen molar-refractivity contribution < 1.29 is 0 Å². The lowest BCUT2D eigenvalue weighted by atomic mass is 10.1. The summed E-state index contributed by atoms with van der Waals surface area (Å²) in [5, 5.41) is 0.711. The highest BCUT2D eigenvalue weighted by Crippen LogP contribution is 2.28. The highest BCUT2D eigenvalue weighted by molar-refractivity contribution is 9.10. The molecule has 11 heavy (non-hydrogen) atoms. The van der Waals surface area contributed by atoms with Gasteiger partial charge in [0.25, 0.3) is 0 Å². The van der Waals surface area contributed by atoms with E-state index in [-0.39, 0.29) is 6.04 Å². The minimum atomic E-state index is -0.0139. The van der Waals surface area contributed by atoms with Crippen LogP contribution in [0.4, 0.5) is 0 Å². The third-order valence-corrected chi connectivity index (χ3v) is 2.78. The zero-order chi connectivity index (χ0) is 8.43. The summed E-state index contributed by atoms with van der Waals surface area (Å²) in [6.45, 7) is 1.91. The normalized spacial score (nSPS) is 13.1. The Hall–Kier alpha value is -0.0500. The topological polar surface area (TPSA) is 26.0 Å². The van der Waals surface area contributed by atoms with Crippen molar-refractivity contribution in [3.8, 4) is 0 Å². The average molecular weight is 235 g/mol. The summed E-state index contributed by atoms with van der Waals surface area (Å²) in [5.41, 5.74) is 6.65. The predicted molar refractivity (Wildman–Crippen MR) is 51.8 cm³/mol. The Labute approximate surface area is 79.7 Å². The lowest BCUT2D eigenvalue weighted by Crippen LogP contribution is -2.05. The summed E-state index contributed by atoms with van der Waals surface area (Å²) < 4.78 is 0.897. The molecule has 1 nitrogen and oxygen atoms in total. The summed E-state index contributed by atoms with van der Waals surface area (Å²) in [6, 6.07) is 5.74. The van der Waals surface area contributed by atoms with Crippen molar-refractivity contribution in [2.75, 3.05) is 0 Å². The van der Waals surface area contributed by atoms with E-state index in [1.54, 1.807) is 0 Å². The maximum atomic E-state index is 5.96. The molecule has 1 unspecified atom stereocenters. The molecular weight excluding hydrogens is 225 g/mol. The van der Waals surface area contributed by atoms with Crippen LogP contribution in [0.2, 0.25) is 5.02 Å². The summed E-state index contributed by atoms with van der Waals surface area (Å²) in [6.07, 6.45) is 0. The number of hydrogen-bond acceptors (Lipinski definition) is 1. The van der Waals surface area contributed by atoms with Gasteiger partial charge in [0.1, 0.15) is 0 Å². The molecule has 1 atom stereocenters. The van der Waals surface area contributed by atoms with Gasteiger partial charge in [0.2, 0.25) is 0 Å². The Morgan fingerprint density at radius 1 is 1.55 bits per heavy atom. The van der Waals surface area contributed by atoms with Crippen LogP contribution in [-0.2, 0) is 0 Å². The average Bonchev–Trinajstić information content (AvgIpc) is 1.94. The minimum absolute atomic E-state index is 0.0139. The Balaban J connectivity index is 3.17. The molecule has 0 aliphatic carbocycles. The maximum absolute atomic E-state index is 5.96. The third kappa shape index (κ3) is 1.95. The van der Waals surface area contributed by atoms with Crippen LogP contribution in [0.3, 0.4) is 0 Å². The predicted octanol–water partition coefficient (Wildman–Crippen LogP) is 3.12. The van der Waals surface area contributed by atoms with Crippen molar-refractivity contribution in [2.45, 2.75) is 13.0 Å². The summed E-state index contributed by atoms with van der Waals surface area (Å²) >= 11 is 9.29. The molecule has 0 spiro atoms. The first-order valence-corrected chi connectivity index (χ1v) is 4.49. The SMILES string of the molecule is CC(N)c1cccc(Br)c1Cl. The Morgan fingerprint density at radius 3 is 2.64 bits per heavy atom. The van der Waals surface area contributed by atoms with Crippen molar-refractivity contribution in [3.05, 3.63) is 33.3 Å². The minimum Gasteiger partial charge on any atom is -0.324 e. The quantitative estimate of drug-likeness (QED) is 0.794. The van der Waals surface area contributed by atoms with E-state index in [0.717, 1.165) is 10.0 Å². The molecule has 60 valence electrons. The number of nitrogens with two attached hydrogens (primary N) is 1. The Kier molecular flexibility index (Phi) is 2.93. The van der Waals surface area contributed by atoms with Crippen LogP contribution in [0.1, 0.15) is 18.5 Å². The molecule has 0 aliphatic rings. The third-order valence-electron chi connectivity index (χ3n) is 1.47. The molecule has 1 aromatic carbocycles. The van der Waals surface area contributed by atoms with Gasteiger partial charge < -0.3 is 5.73 Å². The van der Waals surface area contributed by atoms with Gasteiger partial charge in [0, 0.05) is 10.5 Å². The second-order valence-electron chi connectivity index (χ2n) is 2.43. The first kappa shape index (κ1) is 9.04. The number of halogens is 2. The van der Waals surface area contributed by atoms with Crippen LogP contribution in [-0.4, -0.2) is 0 Å². The lowest BCUT2D eigenvalue weighted by Gasteiger charge is -2.08. The Bertz CT molecular complexity index is 260. The van der Waals surface area contributed by atoms with E-state index in [0.29, 0.717) is 5.02 Å². The van der Waals surface area contributed by atoms with E-state index in [4.69, 9.17) is 17.3 Å². The fraction of sp³-hybridized carbons (Fsp3) is 0.250. The standard InChI is InChI=1S/C8H9BrClN/c1-5(11)6-3-2-4-7(9)8(6)10/h2-5H,11H2,1H3. The molecule has 0 aliphatic heterocycles. The molecule has 0 radical (unpaired) electrons. The van der Waals surface area contributed by atoms with Crippen molar-refractivity contribution in [1.82, 2.24) is 0 Å². The summed E-state index contributed by atoms with van der Waals surface area (Å²) in [5.74, 6) is 0. The lowest BCUT2D eigenvalue weighted by molar-refractivity contribution is 0.818. The van der Waals surface area contributed by atoms with Crippen LogP contribution in [0, 0.1) is 0 Å². The monoisotopic (exact) mass is 233 g/mol. The van der Waals surface area contributed by atoms with Gasteiger partial charge in [-0.2, -0.15) is 0 Å². The van der Waals surface area contributed by atoms with Gasteiger partial charge in [-0.15, -0.1) is 0 Å². The first-order valence-electron chi connectivity index (χ1n) is 3.32. The fourth-order valence-electron chi connectivity index (χ4n) is 0.872. The van der Waals surface area contributed by atoms with Gasteiger partial charge in [-0.3, -0.25) is 0 Å². The van der Waals surface area contributed by atoms with E-state index < -0.39 is 0 Å². The smallest absolute Gasteiger partial charge is 0.0595 e. The molecule has 0 aromatic heterocycles. The zero-order valence-electron chi connectivity index (χ0n) is 6.14. The molecule has 0 fully saturated rings. The van der Waals surface area contributed by atoms with Crippen molar-refractivity contribution in [3.63, 3.8) is 0 Å². The van der Waals surface area contributed by atoms with E-state index >= 15 is 0 Å². The van der Waals surface area contributed by atoms with Gasteiger partial charge in [-0.25, -0.2) is 0 Å². The molecule has 1 aromatic rings. The van der Waals surface area contributed by atoms with Gasteiger partial charge >= 0.3 is 0 Å². The molecule has 0 amide bonds. The van der Waals surface area contributed by atoms with E-state index in [2.05, 4.69) is 15.9 Å². The number of hydrogen-bond donors (Lipinski definition) is 1. The van der Waals surface area contributed by atoms with Crippen LogP contribution < -0.4 is 5.73 Å². The van der Waals surface area contributed by atoms with Crippen LogP contribution in [0.5, 0.6) is 0 Å². The maximum Gasteiger partial charge on any atom is 0.0595 e. The van der Waals surface area contributed by atoms with Gasteiger partial charge in [-0.05, 0) is 34.5 Å². The highest BCUT2D eigenvalue weighted by Gasteiger charge is 2.06.